The summed E-state index contributed by atoms with van der Waals surface area (Å²) in [5.41, 5.74) is 3.21. The van der Waals surface area contributed by atoms with Crippen molar-refractivity contribution in [1.29, 1.82) is 0 Å². The predicted octanol–water partition coefficient (Wildman–Crippen LogP) is 5.09. The number of phenols is 1. The standard InChI is InChI=1S/C29H32N6O3/c1-3-22(4-2)33-29-31-18-21-15-24(26(36)17-25(21)34-29)19-6-5-7-23(14-19)32-28(37)20-8-9-30-27(16-20)35-10-12-38-13-11-35/h5-9,14-18,22,36H,3-4,10-13H2,1-2H3,(H,32,37)(H,31,33,34). The Morgan fingerprint density at radius 3 is 2.68 bits per heavy atom. The lowest BCUT2D eigenvalue weighted by Gasteiger charge is -2.27. The number of nitrogens with one attached hydrogen (secondary N) is 2. The van der Waals surface area contributed by atoms with Gasteiger partial charge in [0.05, 0.1) is 18.7 Å². The molecule has 3 N–H and O–H groups in total. The summed E-state index contributed by atoms with van der Waals surface area (Å²) in [5.74, 6) is 1.19. The lowest BCUT2D eigenvalue weighted by molar-refractivity contribution is 0.102. The summed E-state index contributed by atoms with van der Waals surface area (Å²) in [4.78, 5) is 28.6. The second-order valence-corrected chi connectivity index (χ2v) is 9.32. The Kier molecular flexibility index (Phi) is 7.65. The molecule has 5 rings (SSSR count). The molecule has 0 atom stereocenters. The lowest BCUT2D eigenvalue weighted by atomic mass is 10.0. The van der Waals surface area contributed by atoms with Crippen LogP contribution in [0.4, 0.5) is 17.5 Å². The van der Waals surface area contributed by atoms with Gasteiger partial charge in [0.25, 0.3) is 5.91 Å². The zero-order valence-electron chi connectivity index (χ0n) is 21.6. The van der Waals surface area contributed by atoms with Gasteiger partial charge in [0.15, 0.2) is 0 Å². The van der Waals surface area contributed by atoms with Crippen LogP contribution in [0.25, 0.3) is 22.0 Å². The first-order valence-corrected chi connectivity index (χ1v) is 13.0. The highest BCUT2D eigenvalue weighted by Crippen LogP contribution is 2.34. The zero-order chi connectivity index (χ0) is 26.5. The lowest BCUT2D eigenvalue weighted by Crippen LogP contribution is -2.36. The Hall–Kier alpha value is -4.24. The molecule has 2 aromatic heterocycles. The van der Waals surface area contributed by atoms with Gasteiger partial charge in [-0.1, -0.05) is 26.0 Å². The number of fused-ring (bicyclic) bond motifs is 1. The number of rotatable bonds is 8. The molecule has 2 aromatic carbocycles. The fourth-order valence-corrected chi connectivity index (χ4v) is 4.54. The van der Waals surface area contributed by atoms with E-state index in [2.05, 4.69) is 44.3 Å². The van der Waals surface area contributed by atoms with E-state index in [1.807, 2.05) is 30.3 Å². The monoisotopic (exact) mass is 512 g/mol. The number of hydrogen-bond acceptors (Lipinski definition) is 8. The number of aromatic nitrogens is 3. The van der Waals surface area contributed by atoms with Crippen LogP contribution in [0.5, 0.6) is 5.75 Å². The maximum atomic E-state index is 13.0. The number of phenolic OH excluding ortho intramolecular Hbond substituents is 1. The van der Waals surface area contributed by atoms with Crippen LogP contribution in [0.1, 0.15) is 37.0 Å². The normalized spacial score (nSPS) is 13.6. The molecule has 9 heteroatoms. The molecule has 9 nitrogen and oxygen atoms in total. The van der Waals surface area contributed by atoms with E-state index in [9.17, 15) is 9.90 Å². The summed E-state index contributed by atoms with van der Waals surface area (Å²) in [6, 6.07) is 14.7. The molecular weight excluding hydrogens is 480 g/mol. The van der Waals surface area contributed by atoms with Gasteiger partial charge in [-0.15, -0.1) is 0 Å². The largest absolute Gasteiger partial charge is 0.507 e. The number of pyridine rings is 1. The molecule has 0 saturated carbocycles. The molecule has 38 heavy (non-hydrogen) atoms. The van der Waals surface area contributed by atoms with Crippen LogP contribution in [-0.2, 0) is 4.74 Å². The molecule has 1 saturated heterocycles. The van der Waals surface area contributed by atoms with Crippen molar-refractivity contribution >= 4 is 34.3 Å². The summed E-state index contributed by atoms with van der Waals surface area (Å²) in [5, 5.41) is 18.0. The maximum absolute atomic E-state index is 13.0. The molecule has 0 spiro atoms. The Labute approximate surface area is 221 Å². The van der Waals surface area contributed by atoms with Crippen LogP contribution < -0.4 is 15.5 Å². The average molecular weight is 513 g/mol. The van der Waals surface area contributed by atoms with Crippen molar-refractivity contribution < 1.29 is 14.6 Å². The number of carbonyl (C=O) groups is 1. The number of aromatic hydroxyl groups is 1. The van der Waals surface area contributed by atoms with Crippen molar-refractivity contribution in [3.8, 4) is 16.9 Å². The summed E-state index contributed by atoms with van der Waals surface area (Å²) in [6.07, 6.45) is 5.37. The molecule has 196 valence electrons. The van der Waals surface area contributed by atoms with Gasteiger partial charge in [-0.05, 0) is 48.7 Å². The summed E-state index contributed by atoms with van der Waals surface area (Å²) in [7, 11) is 0. The van der Waals surface area contributed by atoms with Crippen LogP contribution >= 0.6 is 0 Å². The van der Waals surface area contributed by atoms with Crippen LogP contribution in [0, 0.1) is 0 Å². The van der Waals surface area contributed by atoms with E-state index in [1.165, 1.54) is 0 Å². The predicted molar refractivity (Wildman–Crippen MR) is 150 cm³/mol. The highest BCUT2D eigenvalue weighted by molar-refractivity contribution is 6.05. The number of morpholine rings is 1. The first-order chi connectivity index (χ1) is 18.5. The average Bonchev–Trinajstić information content (AvgIpc) is 2.96. The Bertz CT molecular complexity index is 1430. The second kappa shape index (κ2) is 11.4. The molecule has 0 aliphatic carbocycles. The number of anilines is 3. The van der Waals surface area contributed by atoms with Crippen LogP contribution in [0.15, 0.2) is 60.9 Å². The molecule has 1 aliphatic rings. The van der Waals surface area contributed by atoms with Crippen molar-refractivity contribution in [3.05, 3.63) is 66.5 Å². The smallest absolute Gasteiger partial charge is 0.255 e. The SMILES string of the molecule is CCC(CC)Nc1ncc2cc(-c3cccc(NC(=O)c4ccnc(N5CCOCC5)c4)c3)c(O)cc2n1. The van der Waals surface area contributed by atoms with Crippen molar-refractivity contribution in [3.63, 3.8) is 0 Å². The van der Waals surface area contributed by atoms with Crippen molar-refractivity contribution in [1.82, 2.24) is 15.0 Å². The second-order valence-electron chi connectivity index (χ2n) is 9.32. The third-order valence-corrected chi connectivity index (χ3v) is 6.79. The van der Waals surface area contributed by atoms with Crippen molar-refractivity contribution in [2.75, 3.05) is 41.8 Å². The molecule has 0 radical (unpaired) electrons. The van der Waals surface area contributed by atoms with E-state index >= 15 is 0 Å². The zero-order valence-corrected chi connectivity index (χ0v) is 21.6. The van der Waals surface area contributed by atoms with Gasteiger partial charge < -0.3 is 25.4 Å². The Balaban J connectivity index is 1.35. The highest BCUT2D eigenvalue weighted by Gasteiger charge is 2.16. The quantitative estimate of drug-likeness (QED) is 0.299. The van der Waals surface area contributed by atoms with E-state index < -0.39 is 0 Å². The number of carbonyl (C=O) groups excluding carboxylic acids is 1. The topological polar surface area (TPSA) is 112 Å². The van der Waals surface area contributed by atoms with Crippen LogP contribution in [-0.4, -0.2) is 58.3 Å². The molecule has 1 amide bonds. The highest BCUT2D eigenvalue weighted by atomic mass is 16.5. The Morgan fingerprint density at radius 2 is 1.89 bits per heavy atom. The molecular formula is C29H32N6O3. The molecule has 4 aromatic rings. The molecule has 0 unspecified atom stereocenters. The van der Waals surface area contributed by atoms with Gasteiger partial charge in [-0.3, -0.25) is 4.79 Å². The van der Waals surface area contributed by atoms with Gasteiger partial charge >= 0.3 is 0 Å². The summed E-state index contributed by atoms with van der Waals surface area (Å²) >= 11 is 0. The first-order valence-electron chi connectivity index (χ1n) is 13.0. The van der Waals surface area contributed by atoms with Gasteiger partial charge in [0, 0.05) is 59.8 Å². The minimum absolute atomic E-state index is 0.109. The summed E-state index contributed by atoms with van der Waals surface area (Å²) < 4.78 is 5.41. The van der Waals surface area contributed by atoms with Crippen molar-refractivity contribution in [2.45, 2.75) is 32.7 Å². The fraction of sp³-hybridized carbons (Fsp3) is 0.310. The summed E-state index contributed by atoms with van der Waals surface area (Å²) in [6.45, 7) is 7.03. The van der Waals surface area contributed by atoms with Crippen LogP contribution in [0.3, 0.4) is 0 Å². The van der Waals surface area contributed by atoms with Gasteiger partial charge in [0.2, 0.25) is 5.95 Å². The fourth-order valence-electron chi connectivity index (χ4n) is 4.54. The minimum atomic E-state index is -0.229. The van der Waals surface area contributed by atoms with Crippen molar-refractivity contribution in [2.24, 2.45) is 0 Å². The number of benzene rings is 2. The first kappa shape index (κ1) is 25.4. The molecule has 0 bridgehead atoms. The molecule has 3 heterocycles. The van der Waals surface area contributed by atoms with Gasteiger partial charge in [0.1, 0.15) is 11.6 Å². The van der Waals surface area contributed by atoms with E-state index in [0.717, 1.165) is 42.7 Å². The maximum Gasteiger partial charge on any atom is 0.255 e. The van der Waals surface area contributed by atoms with Gasteiger partial charge in [-0.2, -0.15) is 0 Å². The Morgan fingerprint density at radius 1 is 1.08 bits per heavy atom. The molecule has 1 aliphatic heterocycles. The van der Waals surface area contributed by atoms with E-state index in [0.29, 0.717) is 47.5 Å². The van der Waals surface area contributed by atoms with Gasteiger partial charge in [-0.25, -0.2) is 15.0 Å². The van der Waals surface area contributed by atoms with Crippen LogP contribution in [0.2, 0.25) is 0 Å². The number of ether oxygens (including phenoxy) is 1. The van der Waals surface area contributed by atoms with E-state index in [4.69, 9.17) is 4.74 Å². The number of amides is 1. The number of nitrogens with zero attached hydrogens (tertiary/aromatic N) is 4. The molecule has 1 fully saturated rings. The van der Waals surface area contributed by atoms with E-state index in [-0.39, 0.29) is 11.7 Å². The number of hydrogen-bond donors (Lipinski definition) is 3. The third kappa shape index (κ3) is 5.68. The third-order valence-electron chi connectivity index (χ3n) is 6.79. The minimum Gasteiger partial charge on any atom is -0.507 e. The van der Waals surface area contributed by atoms with E-state index in [1.54, 1.807) is 30.6 Å².